The van der Waals surface area contributed by atoms with Crippen LogP contribution in [-0.2, 0) is 14.3 Å². The fourth-order valence-corrected chi connectivity index (χ4v) is 2.28. The second-order valence-corrected chi connectivity index (χ2v) is 4.55. The van der Waals surface area contributed by atoms with Gasteiger partial charge >= 0.3 is 5.97 Å². The maximum absolute atomic E-state index is 13.0. The van der Waals surface area contributed by atoms with Crippen LogP contribution in [0.3, 0.4) is 0 Å². The van der Waals surface area contributed by atoms with E-state index in [1.165, 1.54) is 19.2 Å². The molecule has 0 saturated carbocycles. The van der Waals surface area contributed by atoms with Crippen molar-refractivity contribution >= 4 is 11.8 Å². The Bertz CT molecular complexity index is 462. The van der Waals surface area contributed by atoms with Crippen molar-refractivity contribution in [3.8, 4) is 0 Å². The Morgan fingerprint density at radius 3 is 2.37 bits per heavy atom. The van der Waals surface area contributed by atoms with Gasteiger partial charge < -0.3 is 4.74 Å². The van der Waals surface area contributed by atoms with E-state index >= 15 is 0 Å². The van der Waals surface area contributed by atoms with E-state index in [1.54, 1.807) is 12.1 Å². The largest absolute Gasteiger partial charge is 0.468 e. The number of ether oxygens (including phenoxy) is 1. The number of benzene rings is 1. The van der Waals surface area contributed by atoms with Gasteiger partial charge in [0.2, 0.25) is 0 Å². The van der Waals surface area contributed by atoms with Crippen molar-refractivity contribution < 1.29 is 18.7 Å². The highest BCUT2D eigenvalue weighted by Gasteiger charge is 2.31. The Hall–Kier alpha value is -1.75. The highest BCUT2D eigenvalue weighted by atomic mass is 19.1. The van der Waals surface area contributed by atoms with Gasteiger partial charge in [0.25, 0.3) is 0 Å². The van der Waals surface area contributed by atoms with Crippen molar-refractivity contribution in [3.63, 3.8) is 0 Å². The molecule has 0 N–H and O–H groups in total. The zero-order valence-corrected chi connectivity index (χ0v) is 10.8. The summed E-state index contributed by atoms with van der Waals surface area (Å²) in [6, 6.07) is 5.22. The summed E-state index contributed by atoms with van der Waals surface area (Å²) >= 11 is 0. The molecule has 1 aliphatic heterocycles. The molecule has 0 spiro atoms. The summed E-state index contributed by atoms with van der Waals surface area (Å²) in [7, 11) is 1.33. The lowest BCUT2D eigenvalue weighted by Gasteiger charge is -2.32. The van der Waals surface area contributed by atoms with E-state index in [2.05, 4.69) is 0 Å². The number of carbonyl (C=O) groups excluding carboxylic acids is 2. The van der Waals surface area contributed by atoms with Crippen LogP contribution in [0.15, 0.2) is 24.3 Å². The van der Waals surface area contributed by atoms with Gasteiger partial charge in [-0.2, -0.15) is 0 Å². The molecule has 1 aromatic carbocycles. The van der Waals surface area contributed by atoms with E-state index in [-0.39, 0.29) is 17.6 Å². The molecule has 19 heavy (non-hydrogen) atoms. The topological polar surface area (TPSA) is 46.6 Å². The maximum atomic E-state index is 13.0. The van der Waals surface area contributed by atoms with Gasteiger partial charge in [0.15, 0.2) is 0 Å². The molecule has 0 radical (unpaired) electrons. The van der Waals surface area contributed by atoms with Gasteiger partial charge in [-0.1, -0.05) is 12.1 Å². The number of esters is 1. The third-order valence-electron chi connectivity index (χ3n) is 3.33. The third kappa shape index (κ3) is 3.17. The quantitative estimate of drug-likeness (QED) is 0.780. The van der Waals surface area contributed by atoms with Gasteiger partial charge in [0.1, 0.15) is 17.6 Å². The predicted octanol–water partition coefficient (Wildman–Crippen LogP) is 1.70. The normalized spacial score (nSPS) is 18.1. The van der Waals surface area contributed by atoms with E-state index < -0.39 is 6.04 Å². The van der Waals surface area contributed by atoms with Crippen LogP contribution >= 0.6 is 0 Å². The molecule has 1 aliphatic rings. The SMILES string of the molecule is COC(=O)[C@@H](c1ccc(F)cc1)N1CCC(=O)CC1. The molecule has 102 valence electrons. The van der Waals surface area contributed by atoms with Crippen LogP contribution in [0.25, 0.3) is 0 Å². The highest BCUT2D eigenvalue weighted by molar-refractivity contribution is 5.81. The lowest BCUT2D eigenvalue weighted by molar-refractivity contribution is -0.148. The fraction of sp³-hybridized carbons (Fsp3) is 0.429. The average molecular weight is 265 g/mol. The van der Waals surface area contributed by atoms with Crippen LogP contribution in [-0.4, -0.2) is 36.9 Å². The average Bonchev–Trinajstić information content (AvgIpc) is 2.43. The Morgan fingerprint density at radius 1 is 1.26 bits per heavy atom. The number of halogens is 1. The van der Waals surface area contributed by atoms with Gasteiger partial charge in [0, 0.05) is 25.9 Å². The summed E-state index contributed by atoms with van der Waals surface area (Å²) in [5, 5.41) is 0. The lowest BCUT2D eigenvalue weighted by Crippen LogP contribution is -2.40. The molecule has 0 aliphatic carbocycles. The minimum absolute atomic E-state index is 0.207. The number of carbonyl (C=O) groups is 2. The number of hydrogen-bond donors (Lipinski definition) is 0. The summed E-state index contributed by atoms with van der Waals surface area (Å²) in [6.45, 7) is 1.05. The fourth-order valence-electron chi connectivity index (χ4n) is 2.28. The molecule has 0 unspecified atom stereocenters. The first-order chi connectivity index (χ1) is 9.11. The maximum Gasteiger partial charge on any atom is 0.327 e. The summed E-state index contributed by atoms with van der Waals surface area (Å²) in [5.74, 6) is -0.527. The molecule has 0 bridgehead atoms. The molecular weight excluding hydrogens is 249 g/mol. The summed E-state index contributed by atoms with van der Waals surface area (Å²) in [5.41, 5.74) is 0.683. The van der Waals surface area contributed by atoms with Crippen LogP contribution in [0.5, 0.6) is 0 Å². The Morgan fingerprint density at radius 2 is 1.84 bits per heavy atom. The van der Waals surface area contributed by atoms with Gasteiger partial charge in [-0.25, -0.2) is 9.18 Å². The van der Waals surface area contributed by atoms with Crippen molar-refractivity contribution in [2.45, 2.75) is 18.9 Å². The third-order valence-corrected chi connectivity index (χ3v) is 3.33. The Balaban J connectivity index is 2.23. The van der Waals surface area contributed by atoms with Crippen LogP contribution < -0.4 is 0 Å². The zero-order valence-electron chi connectivity index (χ0n) is 10.8. The Labute approximate surface area is 111 Å². The summed E-state index contributed by atoms with van der Waals surface area (Å²) in [4.78, 5) is 25.1. The van der Waals surface area contributed by atoms with Crippen molar-refractivity contribution in [3.05, 3.63) is 35.6 Å². The second kappa shape index (κ2) is 5.93. The molecule has 0 amide bonds. The number of rotatable bonds is 3. The monoisotopic (exact) mass is 265 g/mol. The van der Waals surface area contributed by atoms with Crippen LogP contribution in [0, 0.1) is 5.82 Å². The molecule has 1 saturated heterocycles. The molecule has 4 nitrogen and oxygen atoms in total. The van der Waals surface area contributed by atoms with Crippen molar-refractivity contribution in [1.29, 1.82) is 0 Å². The smallest absolute Gasteiger partial charge is 0.327 e. The molecule has 1 atom stereocenters. The summed E-state index contributed by atoms with van der Waals surface area (Å²) in [6.07, 6.45) is 0.878. The van der Waals surface area contributed by atoms with Gasteiger partial charge in [-0.05, 0) is 17.7 Å². The number of Topliss-reactive ketones (excluding diaryl/α,β-unsaturated/α-hetero) is 1. The van der Waals surface area contributed by atoms with Crippen LogP contribution in [0.2, 0.25) is 0 Å². The molecule has 5 heteroatoms. The first-order valence-corrected chi connectivity index (χ1v) is 6.21. The van der Waals surface area contributed by atoms with Crippen LogP contribution in [0.4, 0.5) is 4.39 Å². The van der Waals surface area contributed by atoms with E-state index in [0.29, 0.717) is 31.5 Å². The predicted molar refractivity (Wildman–Crippen MR) is 67.0 cm³/mol. The van der Waals surface area contributed by atoms with Crippen LogP contribution in [0.1, 0.15) is 24.4 Å². The van der Waals surface area contributed by atoms with Gasteiger partial charge in [-0.3, -0.25) is 9.69 Å². The number of hydrogen-bond acceptors (Lipinski definition) is 4. The zero-order chi connectivity index (χ0) is 13.8. The molecule has 0 aromatic heterocycles. The van der Waals surface area contributed by atoms with Crippen molar-refractivity contribution in [2.75, 3.05) is 20.2 Å². The number of nitrogens with zero attached hydrogens (tertiary/aromatic N) is 1. The Kier molecular flexibility index (Phi) is 4.27. The molecule has 1 fully saturated rings. The number of methoxy groups -OCH3 is 1. The van der Waals surface area contributed by atoms with Gasteiger partial charge in [-0.15, -0.1) is 0 Å². The van der Waals surface area contributed by atoms with Crippen molar-refractivity contribution in [2.24, 2.45) is 0 Å². The highest BCUT2D eigenvalue weighted by Crippen LogP contribution is 2.25. The summed E-state index contributed by atoms with van der Waals surface area (Å²) < 4.78 is 17.8. The van der Waals surface area contributed by atoms with E-state index in [9.17, 15) is 14.0 Å². The minimum atomic E-state index is -0.571. The molecular formula is C14H16FNO3. The molecule has 1 heterocycles. The standard InChI is InChI=1S/C14H16FNO3/c1-19-14(18)13(10-2-4-11(15)5-3-10)16-8-6-12(17)7-9-16/h2-5,13H,6-9H2,1H3/t13-/m1/s1. The van der Waals surface area contributed by atoms with Gasteiger partial charge in [0.05, 0.1) is 7.11 Å². The van der Waals surface area contributed by atoms with Crippen molar-refractivity contribution in [1.82, 2.24) is 4.90 Å². The van der Waals surface area contributed by atoms with E-state index in [1.807, 2.05) is 4.90 Å². The number of ketones is 1. The van der Waals surface area contributed by atoms with E-state index in [0.717, 1.165) is 0 Å². The van der Waals surface area contributed by atoms with E-state index in [4.69, 9.17) is 4.74 Å². The number of piperidine rings is 1. The lowest BCUT2D eigenvalue weighted by atomic mass is 10.0. The number of likely N-dealkylation sites (tertiary alicyclic amines) is 1. The molecule has 1 aromatic rings. The first-order valence-electron chi connectivity index (χ1n) is 6.21. The minimum Gasteiger partial charge on any atom is -0.468 e. The second-order valence-electron chi connectivity index (χ2n) is 4.55. The first kappa shape index (κ1) is 13.7. The molecule has 2 rings (SSSR count).